The van der Waals surface area contributed by atoms with Crippen LogP contribution in [0.15, 0.2) is 54.6 Å². The van der Waals surface area contributed by atoms with Gasteiger partial charge >= 0.3 is 0 Å². The molecule has 0 radical (unpaired) electrons. The number of methoxy groups -OCH3 is 1. The second-order valence-electron chi connectivity index (χ2n) is 9.57. The highest BCUT2D eigenvalue weighted by Gasteiger charge is 2.43. The lowest BCUT2D eigenvalue weighted by atomic mass is 9.78. The topological polar surface area (TPSA) is 68.3 Å². The molecule has 7 heteroatoms. The number of ether oxygens (including phenoxy) is 3. The highest BCUT2D eigenvalue weighted by molar-refractivity contribution is 5.92. The Hall–Kier alpha value is -3.48. The summed E-state index contributed by atoms with van der Waals surface area (Å²) in [6.45, 7) is 7.20. The fourth-order valence-corrected chi connectivity index (χ4v) is 5.07. The Morgan fingerprint density at radius 2 is 1.61 bits per heavy atom. The van der Waals surface area contributed by atoms with E-state index in [1.54, 1.807) is 20.1 Å². The molecule has 2 amide bonds. The average Bonchev–Trinajstić information content (AvgIpc) is 3.31. The minimum absolute atomic E-state index is 0.0112. The van der Waals surface area contributed by atoms with Crippen molar-refractivity contribution in [3.63, 3.8) is 0 Å². The zero-order chi connectivity index (χ0) is 25.5. The van der Waals surface area contributed by atoms with Crippen LogP contribution >= 0.6 is 0 Å². The van der Waals surface area contributed by atoms with Gasteiger partial charge in [0.1, 0.15) is 17.2 Å². The minimum Gasteiger partial charge on any atom is -0.497 e. The number of carbonyl (C=O) groups is 2. The molecule has 2 fully saturated rings. The molecular weight excluding hydrogens is 456 g/mol. The normalized spacial score (nSPS) is 17.9. The van der Waals surface area contributed by atoms with E-state index in [4.69, 9.17) is 14.2 Å². The molecule has 2 saturated heterocycles. The Labute approximate surface area is 213 Å². The van der Waals surface area contributed by atoms with Gasteiger partial charge in [0.05, 0.1) is 13.7 Å². The standard InChI is InChI=1S/C29H36N2O5/c1-4-35-26-8-6-5-7-23(26)9-14-27(32)30-18-15-29(16-19-30)17-20-31(21-29)28(33)22(2)36-25-12-10-24(34-3)11-13-25/h5-14,22H,4,15-21H2,1-3H3/b14-9+. The first-order chi connectivity index (χ1) is 17.4. The molecule has 7 nitrogen and oxygen atoms in total. The monoisotopic (exact) mass is 492 g/mol. The van der Waals surface area contributed by atoms with Crippen molar-refractivity contribution in [1.29, 1.82) is 0 Å². The van der Waals surface area contributed by atoms with Crippen molar-refractivity contribution >= 4 is 17.9 Å². The fraction of sp³-hybridized carbons (Fsp3) is 0.448. The Morgan fingerprint density at radius 3 is 2.28 bits per heavy atom. The molecular formula is C29H36N2O5. The molecule has 2 aromatic carbocycles. The largest absolute Gasteiger partial charge is 0.497 e. The average molecular weight is 493 g/mol. The Bertz CT molecular complexity index is 1070. The molecule has 0 saturated carbocycles. The van der Waals surface area contributed by atoms with Crippen LogP contribution in [-0.4, -0.2) is 67.6 Å². The van der Waals surface area contributed by atoms with E-state index in [2.05, 4.69) is 0 Å². The van der Waals surface area contributed by atoms with E-state index in [0.29, 0.717) is 25.4 Å². The predicted octanol–water partition coefficient (Wildman–Crippen LogP) is 4.42. The molecule has 1 spiro atoms. The van der Waals surface area contributed by atoms with Crippen LogP contribution in [0.25, 0.3) is 6.08 Å². The maximum absolute atomic E-state index is 13.1. The van der Waals surface area contributed by atoms with Crippen LogP contribution in [0.2, 0.25) is 0 Å². The van der Waals surface area contributed by atoms with Gasteiger partial charge in [0.25, 0.3) is 5.91 Å². The molecule has 2 heterocycles. The van der Waals surface area contributed by atoms with Gasteiger partial charge in [0.2, 0.25) is 5.91 Å². The second-order valence-corrected chi connectivity index (χ2v) is 9.57. The van der Waals surface area contributed by atoms with E-state index in [0.717, 1.165) is 49.4 Å². The van der Waals surface area contributed by atoms with Gasteiger partial charge < -0.3 is 24.0 Å². The molecule has 2 aliphatic heterocycles. The number of carbonyl (C=O) groups excluding carboxylic acids is 2. The van der Waals surface area contributed by atoms with Gasteiger partial charge in [-0.3, -0.25) is 9.59 Å². The first-order valence-electron chi connectivity index (χ1n) is 12.7. The van der Waals surface area contributed by atoms with Gasteiger partial charge in [0, 0.05) is 37.8 Å². The zero-order valence-corrected chi connectivity index (χ0v) is 21.4. The summed E-state index contributed by atoms with van der Waals surface area (Å²) >= 11 is 0. The third kappa shape index (κ3) is 6.01. The summed E-state index contributed by atoms with van der Waals surface area (Å²) in [6, 6.07) is 15.0. The smallest absolute Gasteiger partial charge is 0.263 e. The second kappa shape index (κ2) is 11.5. The predicted molar refractivity (Wildman–Crippen MR) is 139 cm³/mol. The highest BCUT2D eigenvalue weighted by atomic mass is 16.5. The molecule has 1 atom stereocenters. The third-order valence-electron chi connectivity index (χ3n) is 7.23. The van der Waals surface area contributed by atoms with Gasteiger partial charge in [-0.1, -0.05) is 18.2 Å². The lowest BCUT2D eigenvalue weighted by molar-refractivity contribution is -0.137. The van der Waals surface area contributed by atoms with Crippen molar-refractivity contribution in [3.05, 3.63) is 60.2 Å². The fourth-order valence-electron chi connectivity index (χ4n) is 5.07. The van der Waals surface area contributed by atoms with Crippen molar-refractivity contribution < 1.29 is 23.8 Å². The van der Waals surface area contributed by atoms with Gasteiger partial charge in [0.15, 0.2) is 6.10 Å². The summed E-state index contributed by atoms with van der Waals surface area (Å²) in [5.74, 6) is 2.20. The zero-order valence-electron chi connectivity index (χ0n) is 21.4. The number of hydrogen-bond acceptors (Lipinski definition) is 5. The summed E-state index contributed by atoms with van der Waals surface area (Å²) in [5, 5.41) is 0. The molecule has 2 aromatic rings. The number of hydrogen-bond donors (Lipinski definition) is 0. The summed E-state index contributed by atoms with van der Waals surface area (Å²) < 4.78 is 16.7. The van der Waals surface area contributed by atoms with E-state index in [-0.39, 0.29) is 17.2 Å². The van der Waals surface area contributed by atoms with Gasteiger partial charge in [-0.05, 0) is 74.9 Å². The van der Waals surface area contributed by atoms with Crippen molar-refractivity contribution in [3.8, 4) is 17.2 Å². The van der Waals surface area contributed by atoms with Gasteiger partial charge in [-0.15, -0.1) is 0 Å². The minimum atomic E-state index is -0.556. The maximum Gasteiger partial charge on any atom is 0.263 e. The number of piperidine rings is 1. The van der Waals surface area contributed by atoms with E-state index < -0.39 is 6.10 Å². The molecule has 36 heavy (non-hydrogen) atoms. The number of rotatable bonds is 8. The molecule has 4 rings (SSSR count). The maximum atomic E-state index is 13.1. The van der Waals surface area contributed by atoms with Crippen LogP contribution in [0.3, 0.4) is 0 Å². The molecule has 2 aliphatic rings. The van der Waals surface area contributed by atoms with Crippen molar-refractivity contribution in [2.45, 2.75) is 39.2 Å². The Morgan fingerprint density at radius 1 is 0.972 bits per heavy atom. The molecule has 0 aliphatic carbocycles. The lowest BCUT2D eigenvalue weighted by Gasteiger charge is -2.39. The van der Waals surface area contributed by atoms with E-state index in [1.807, 2.05) is 71.3 Å². The van der Waals surface area contributed by atoms with Crippen LogP contribution in [-0.2, 0) is 9.59 Å². The summed E-state index contributed by atoms with van der Waals surface area (Å²) in [7, 11) is 1.62. The number of likely N-dealkylation sites (tertiary alicyclic amines) is 2. The Balaban J connectivity index is 1.28. The van der Waals surface area contributed by atoms with Crippen molar-refractivity contribution in [2.24, 2.45) is 5.41 Å². The van der Waals surface area contributed by atoms with Crippen LogP contribution in [0.1, 0.15) is 38.7 Å². The highest BCUT2D eigenvalue weighted by Crippen LogP contribution is 2.40. The first kappa shape index (κ1) is 25.6. The molecule has 0 N–H and O–H groups in total. The summed E-state index contributed by atoms with van der Waals surface area (Å²) in [4.78, 5) is 29.7. The molecule has 1 unspecified atom stereocenters. The SMILES string of the molecule is CCOc1ccccc1/C=C/C(=O)N1CCC2(CC1)CCN(C(=O)C(C)Oc1ccc(OC)cc1)C2. The third-order valence-corrected chi connectivity index (χ3v) is 7.23. The first-order valence-corrected chi connectivity index (χ1v) is 12.7. The summed E-state index contributed by atoms with van der Waals surface area (Å²) in [6.07, 6.45) is 5.68. The van der Waals surface area contributed by atoms with Crippen molar-refractivity contribution in [1.82, 2.24) is 9.80 Å². The summed E-state index contributed by atoms with van der Waals surface area (Å²) in [5.41, 5.74) is 0.981. The van der Waals surface area contributed by atoms with Crippen LogP contribution in [0, 0.1) is 5.41 Å². The van der Waals surface area contributed by atoms with Gasteiger partial charge in [-0.2, -0.15) is 0 Å². The molecule has 0 bridgehead atoms. The van der Waals surface area contributed by atoms with E-state index in [1.165, 1.54) is 0 Å². The number of benzene rings is 2. The number of para-hydroxylation sites is 1. The molecule has 0 aromatic heterocycles. The van der Waals surface area contributed by atoms with E-state index in [9.17, 15) is 9.59 Å². The Kier molecular flexibility index (Phi) is 8.18. The van der Waals surface area contributed by atoms with Gasteiger partial charge in [-0.25, -0.2) is 0 Å². The van der Waals surface area contributed by atoms with Crippen LogP contribution in [0.4, 0.5) is 0 Å². The number of amides is 2. The quantitative estimate of drug-likeness (QED) is 0.511. The van der Waals surface area contributed by atoms with Crippen LogP contribution in [0.5, 0.6) is 17.2 Å². The van der Waals surface area contributed by atoms with Crippen molar-refractivity contribution in [2.75, 3.05) is 39.9 Å². The van der Waals surface area contributed by atoms with Crippen LogP contribution < -0.4 is 14.2 Å². The number of nitrogens with zero attached hydrogens (tertiary/aromatic N) is 2. The molecule has 192 valence electrons. The van der Waals surface area contributed by atoms with E-state index >= 15 is 0 Å². The lowest BCUT2D eigenvalue weighted by Crippen LogP contribution is -2.45.